The molecular weight excluding hydrogens is 316 g/mol. The van der Waals surface area contributed by atoms with Crippen molar-refractivity contribution in [3.63, 3.8) is 0 Å². The van der Waals surface area contributed by atoms with Gasteiger partial charge in [-0.05, 0) is 66.1 Å². The molecule has 4 rings (SSSR count). The molecule has 0 saturated carbocycles. The Balaban J connectivity index is 1.76. The number of nitrogens with zero attached hydrogens (tertiary/aromatic N) is 2. The SMILES string of the molecule is CC(C)(C)N=NCc1ccccc1-c1cccc2c1Cc1ccccc1-2. The van der Waals surface area contributed by atoms with E-state index in [0.717, 1.165) is 6.42 Å². The number of benzene rings is 3. The van der Waals surface area contributed by atoms with Gasteiger partial charge in [0.1, 0.15) is 0 Å². The molecule has 0 radical (unpaired) electrons. The Hall–Kier alpha value is -2.74. The van der Waals surface area contributed by atoms with Gasteiger partial charge in [-0.15, -0.1) is 0 Å². The van der Waals surface area contributed by atoms with Crippen LogP contribution in [0.1, 0.15) is 37.5 Å². The Morgan fingerprint density at radius 1 is 0.731 bits per heavy atom. The van der Waals surface area contributed by atoms with E-state index in [4.69, 9.17) is 0 Å². The third kappa shape index (κ3) is 3.20. The van der Waals surface area contributed by atoms with E-state index in [-0.39, 0.29) is 5.54 Å². The molecule has 3 aromatic carbocycles. The van der Waals surface area contributed by atoms with E-state index in [9.17, 15) is 0 Å². The third-order valence-corrected chi connectivity index (χ3v) is 4.77. The Kier molecular flexibility index (Phi) is 4.20. The Morgan fingerprint density at radius 2 is 1.35 bits per heavy atom. The molecule has 1 aliphatic rings. The van der Waals surface area contributed by atoms with Crippen LogP contribution in [0.15, 0.2) is 77.0 Å². The lowest BCUT2D eigenvalue weighted by atomic mass is 9.92. The minimum Gasteiger partial charge on any atom is -0.189 e. The average molecular weight is 340 g/mol. The summed E-state index contributed by atoms with van der Waals surface area (Å²) in [5, 5.41) is 8.87. The van der Waals surface area contributed by atoms with Crippen LogP contribution in [0.2, 0.25) is 0 Å². The smallest absolute Gasteiger partial charge is 0.0855 e. The number of azo groups is 1. The quantitative estimate of drug-likeness (QED) is 0.372. The van der Waals surface area contributed by atoms with Gasteiger partial charge in [0.2, 0.25) is 0 Å². The predicted molar refractivity (Wildman–Crippen MR) is 108 cm³/mol. The summed E-state index contributed by atoms with van der Waals surface area (Å²) in [5.41, 5.74) is 9.26. The standard InChI is InChI=1S/C24H24N2/c1-24(2,3)26-25-16-18-10-5-7-12-20(18)22-14-8-13-21-19-11-6-4-9-17(19)15-23(21)22/h4-14H,15-16H2,1-3H3. The van der Waals surface area contributed by atoms with Crippen LogP contribution in [0.25, 0.3) is 22.3 Å². The zero-order chi connectivity index (χ0) is 18.1. The summed E-state index contributed by atoms with van der Waals surface area (Å²) in [4.78, 5) is 0. The molecule has 3 aromatic rings. The van der Waals surface area contributed by atoms with Crippen LogP contribution in [-0.2, 0) is 13.0 Å². The van der Waals surface area contributed by atoms with Gasteiger partial charge in [0, 0.05) is 0 Å². The average Bonchev–Trinajstić information content (AvgIpc) is 3.00. The van der Waals surface area contributed by atoms with Crippen LogP contribution >= 0.6 is 0 Å². The maximum atomic E-state index is 4.46. The normalized spacial score (nSPS) is 13.0. The summed E-state index contributed by atoms with van der Waals surface area (Å²) in [6.45, 7) is 6.83. The van der Waals surface area contributed by atoms with E-state index < -0.39 is 0 Å². The summed E-state index contributed by atoms with van der Waals surface area (Å²) in [5.74, 6) is 0. The van der Waals surface area contributed by atoms with Gasteiger partial charge in [0.05, 0.1) is 12.1 Å². The number of hydrogen-bond donors (Lipinski definition) is 0. The van der Waals surface area contributed by atoms with Crippen LogP contribution in [-0.4, -0.2) is 5.54 Å². The van der Waals surface area contributed by atoms with Crippen molar-refractivity contribution in [2.24, 2.45) is 10.2 Å². The molecule has 0 amide bonds. The van der Waals surface area contributed by atoms with Crippen molar-refractivity contribution in [2.75, 3.05) is 0 Å². The summed E-state index contributed by atoms with van der Waals surface area (Å²) in [7, 11) is 0. The molecule has 0 aromatic heterocycles. The first kappa shape index (κ1) is 16.7. The van der Waals surface area contributed by atoms with Crippen molar-refractivity contribution in [1.82, 2.24) is 0 Å². The van der Waals surface area contributed by atoms with Gasteiger partial charge in [-0.25, -0.2) is 0 Å². The number of fused-ring (bicyclic) bond motifs is 3. The first-order valence-electron chi connectivity index (χ1n) is 9.20. The Morgan fingerprint density at radius 3 is 2.12 bits per heavy atom. The molecule has 0 saturated heterocycles. The second-order valence-electron chi connectivity index (χ2n) is 7.89. The molecular formula is C24H24N2. The van der Waals surface area contributed by atoms with E-state index in [0.29, 0.717) is 6.54 Å². The summed E-state index contributed by atoms with van der Waals surface area (Å²) < 4.78 is 0. The van der Waals surface area contributed by atoms with E-state index >= 15 is 0 Å². The van der Waals surface area contributed by atoms with Crippen LogP contribution in [0.5, 0.6) is 0 Å². The Bertz CT molecular complexity index is 977. The van der Waals surface area contributed by atoms with Crippen molar-refractivity contribution >= 4 is 0 Å². The highest BCUT2D eigenvalue weighted by molar-refractivity contribution is 5.85. The van der Waals surface area contributed by atoms with Crippen molar-refractivity contribution in [3.8, 4) is 22.3 Å². The molecule has 0 aliphatic heterocycles. The van der Waals surface area contributed by atoms with Crippen molar-refractivity contribution in [1.29, 1.82) is 0 Å². The van der Waals surface area contributed by atoms with Gasteiger partial charge in [-0.3, -0.25) is 0 Å². The summed E-state index contributed by atoms with van der Waals surface area (Å²) in [6, 6.07) is 24.0. The van der Waals surface area contributed by atoms with E-state index in [1.807, 2.05) is 0 Å². The minimum absolute atomic E-state index is 0.134. The van der Waals surface area contributed by atoms with E-state index in [1.54, 1.807) is 0 Å². The Labute approximate surface area is 155 Å². The largest absolute Gasteiger partial charge is 0.189 e. The second-order valence-corrected chi connectivity index (χ2v) is 7.89. The summed E-state index contributed by atoms with van der Waals surface area (Å²) >= 11 is 0. The maximum absolute atomic E-state index is 4.46. The first-order chi connectivity index (χ1) is 12.5. The second kappa shape index (κ2) is 6.53. The van der Waals surface area contributed by atoms with Gasteiger partial charge in [0.25, 0.3) is 0 Å². The highest BCUT2D eigenvalue weighted by Gasteiger charge is 2.21. The molecule has 26 heavy (non-hydrogen) atoms. The zero-order valence-electron chi connectivity index (χ0n) is 15.7. The van der Waals surface area contributed by atoms with Crippen molar-refractivity contribution in [2.45, 2.75) is 39.3 Å². The summed E-state index contributed by atoms with van der Waals surface area (Å²) in [6.07, 6.45) is 1.000. The lowest BCUT2D eigenvalue weighted by Gasteiger charge is -2.13. The lowest BCUT2D eigenvalue weighted by molar-refractivity contribution is 0.537. The molecule has 0 unspecified atom stereocenters. The fourth-order valence-corrected chi connectivity index (χ4v) is 3.65. The number of rotatable bonds is 3. The topological polar surface area (TPSA) is 24.7 Å². The highest BCUT2D eigenvalue weighted by atomic mass is 15.1. The molecule has 1 aliphatic carbocycles. The van der Waals surface area contributed by atoms with Crippen LogP contribution < -0.4 is 0 Å². The molecule has 0 atom stereocenters. The van der Waals surface area contributed by atoms with Crippen LogP contribution in [0.3, 0.4) is 0 Å². The van der Waals surface area contributed by atoms with Gasteiger partial charge >= 0.3 is 0 Å². The molecule has 2 nitrogen and oxygen atoms in total. The maximum Gasteiger partial charge on any atom is 0.0855 e. The molecule has 0 spiro atoms. The molecule has 0 fully saturated rings. The molecule has 130 valence electrons. The van der Waals surface area contributed by atoms with Gasteiger partial charge in [0.15, 0.2) is 0 Å². The van der Waals surface area contributed by atoms with Crippen molar-refractivity contribution < 1.29 is 0 Å². The van der Waals surface area contributed by atoms with Crippen molar-refractivity contribution in [3.05, 3.63) is 83.4 Å². The predicted octanol–water partition coefficient (Wildman–Crippen LogP) is 6.68. The lowest BCUT2D eigenvalue weighted by Crippen LogP contribution is -2.08. The molecule has 0 heterocycles. The molecule has 0 N–H and O–H groups in total. The minimum atomic E-state index is -0.134. The monoisotopic (exact) mass is 340 g/mol. The van der Waals surface area contributed by atoms with Gasteiger partial charge in [-0.1, -0.05) is 66.7 Å². The fourth-order valence-electron chi connectivity index (χ4n) is 3.65. The first-order valence-corrected chi connectivity index (χ1v) is 9.20. The van der Waals surface area contributed by atoms with Gasteiger partial charge in [-0.2, -0.15) is 10.2 Å². The fraction of sp³-hybridized carbons (Fsp3) is 0.250. The van der Waals surface area contributed by atoms with Crippen LogP contribution in [0, 0.1) is 0 Å². The third-order valence-electron chi connectivity index (χ3n) is 4.77. The zero-order valence-corrected chi connectivity index (χ0v) is 15.7. The molecule has 0 bridgehead atoms. The van der Waals surface area contributed by atoms with Gasteiger partial charge < -0.3 is 0 Å². The highest BCUT2D eigenvalue weighted by Crippen LogP contribution is 2.42. The van der Waals surface area contributed by atoms with E-state index in [1.165, 1.54) is 38.9 Å². The van der Waals surface area contributed by atoms with Crippen LogP contribution in [0.4, 0.5) is 0 Å². The molecule has 2 heteroatoms. The van der Waals surface area contributed by atoms with E-state index in [2.05, 4.69) is 97.7 Å². The number of hydrogen-bond acceptors (Lipinski definition) is 2.